The fourth-order valence-electron chi connectivity index (χ4n) is 3.97. The highest BCUT2D eigenvalue weighted by molar-refractivity contribution is 5.94. The maximum atomic E-state index is 12.4. The van der Waals surface area contributed by atoms with Crippen LogP contribution in [0.15, 0.2) is 84.9 Å². The van der Waals surface area contributed by atoms with Crippen molar-refractivity contribution in [3.63, 3.8) is 0 Å². The standard InChI is InChI=1S/C30H26N4O8/c1-19-15-21(3-13-27(19)31-29(35)17-41-25-9-5-23(6-10-25)33(37)38)22-4-14-28(20(2)16-22)32-30(36)18-42-26-11-7-24(8-12-26)34(39)40/h3-16H,17-18H2,1-2H3,(H,31,35)(H,32,36). The molecule has 0 aliphatic rings. The number of amides is 2. The minimum absolute atomic E-state index is 0.0662. The van der Waals surface area contributed by atoms with E-state index in [0.717, 1.165) is 22.3 Å². The molecule has 0 bridgehead atoms. The fraction of sp³-hybridized carbons (Fsp3) is 0.133. The lowest BCUT2D eigenvalue weighted by Gasteiger charge is -2.13. The first-order chi connectivity index (χ1) is 20.1. The highest BCUT2D eigenvalue weighted by Crippen LogP contribution is 2.28. The lowest BCUT2D eigenvalue weighted by Crippen LogP contribution is -2.20. The Hall–Kier alpha value is -5.78. The summed E-state index contributed by atoms with van der Waals surface area (Å²) >= 11 is 0. The summed E-state index contributed by atoms with van der Waals surface area (Å²) < 4.78 is 10.8. The number of nitro benzene ring substituents is 2. The van der Waals surface area contributed by atoms with Crippen molar-refractivity contribution in [2.45, 2.75) is 13.8 Å². The van der Waals surface area contributed by atoms with E-state index in [2.05, 4.69) is 10.6 Å². The van der Waals surface area contributed by atoms with E-state index < -0.39 is 9.85 Å². The Morgan fingerprint density at radius 3 is 1.29 bits per heavy atom. The van der Waals surface area contributed by atoms with E-state index >= 15 is 0 Å². The number of hydrogen-bond donors (Lipinski definition) is 2. The molecule has 0 unspecified atom stereocenters. The van der Waals surface area contributed by atoms with E-state index in [4.69, 9.17) is 9.47 Å². The molecule has 4 aromatic carbocycles. The fourth-order valence-corrected chi connectivity index (χ4v) is 3.97. The zero-order chi connectivity index (χ0) is 30.2. The molecule has 0 fully saturated rings. The minimum atomic E-state index is -0.513. The van der Waals surface area contributed by atoms with Crippen LogP contribution in [0, 0.1) is 34.1 Å². The molecule has 0 spiro atoms. The van der Waals surface area contributed by atoms with Crippen molar-refractivity contribution in [3.8, 4) is 22.6 Å². The van der Waals surface area contributed by atoms with Gasteiger partial charge in [0.1, 0.15) is 11.5 Å². The molecule has 2 N–H and O–H groups in total. The van der Waals surface area contributed by atoms with Crippen molar-refractivity contribution in [3.05, 3.63) is 116 Å². The van der Waals surface area contributed by atoms with Gasteiger partial charge < -0.3 is 20.1 Å². The molecule has 12 heteroatoms. The van der Waals surface area contributed by atoms with Gasteiger partial charge in [-0.15, -0.1) is 0 Å². The molecular formula is C30H26N4O8. The second-order valence-electron chi connectivity index (χ2n) is 9.24. The molecule has 4 rings (SSSR count). The number of carbonyl (C=O) groups excluding carboxylic acids is 2. The molecule has 4 aromatic rings. The third kappa shape index (κ3) is 7.66. The Kier molecular flexibility index (Phi) is 9.07. The predicted octanol–water partition coefficient (Wildman–Crippen LogP) is 5.82. The second-order valence-corrected chi connectivity index (χ2v) is 9.24. The summed E-state index contributed by atoms with van der Waals surface area (Å²) in [6.45, 7) is 3.21. The monoisotopic (exact) mass is 570 g/mol. The van der Waals surface area contributed by atoms with Gasteiger partial charge in [-0.1, -0.05) is 12.1 Å². The zero-order valence-electron chi connectivity index (χ0n) is 22.7. The van der Waals surface area contributed by atoms with Gasteiger partial charge >= 0.3 is 0 Å². The molecule has 0 aliphatic carbocycles. The van der Waals surface area contributed by atoms with Gasteiger partial charge in [0, 0.05) is 35.6 Å². The average molecular weight is 571 g/mol. The molecule has 0 saturated carbocycles. The van der Waals surface area contributed by atoms with Crippen LogP contribution < -0.4 is 20.1 Å². The third-order valence-corrected chi connectivity index (χ3v) is 6.17. The molecule has 0 radical (unpaired) electrons. The Bertz CT molecular complexity index is 1510. The number of anilines is 2. The highest BCUT2D eigenvalue weighted by Gasteiger charge is 2.12. The molecular weight excluding hydrogens is 544 g/mol. The van der Waals surface area contributed by atoms with Gasteiger partial charge in [-0.2, -0.15) is 0 Å². The van der Waals surface area contributed by atoms with E-state index in [-0.39, 0.29) is 36.4 Å². The Morgan fingerprint density at radius 1 is 0.619 bits per heavy atom. The third-order valence-electron chi connectivity index (χ3n) is 6.17. The molecule has 12 nitrogen and oxygen atoms in total. The molecule has 2 amide bonds. The van der Waals surface area contributed by atoms with Crippen molar-refractivity contribution in [1.29, 1.82) is 0 Å². The van der Waals surface area contributed by atoms with Crippen LogP contribution in [0.4, 0.5) is 22.7 Å². The topological polar surface area (TPSA) is 163 Å². The van der Waals surface area contributed by atoms with Crippen LogP contribution in [0.3, 0.4) is 0 Å². The maximum Gasteiger partial charge on any atom is 0.269 e. The number of rotatable bonds is 11. The van der Waals surface area contributed by atoms with Crippen molar-refractivity contribution < 1.29 is 28.9 Å². The van der Waals surface area contributed by atoms with Crippen molar-refractivity contribution in [2.75, 3.05) is 23.8 Å². The molecule has 0 aliphatic heterocycles. The van der Waals surface area contributed by atoms with Gasteiger partial charge in [0.05, 0.1) is 9.85 Å². The molecule has 214 valence electrons. The Balaban J connectivity index is 1.31. The summed E-state index contributed by atoms with van der Waals surface area (Å²) in [5, 5.41) is 27.1. The lowest BCUT2D eigenvalue weighted by molar-refractivity contribution is -0.385. The van der Waals surface area contributed by atoms with Gasteiger partial charge in [-0.3, -0.25) is 29.8 Å². The quantitative estimate of drug-likeness (QED) is 0.168. The van der Waals surface area contributed by atoms with Gasteiger partial charge in [0.15, 0.2) is 13.2 Å². The lowest BCUT2D eigenvalue weighted by atomic mass is 10.00. The number of hydrogen-bond acceptors (Lipinski definition) is 8. The summed E-state index contributed by atoms with van der Waals surface area (Å²) in [6, 6.07) is 22.1. The largest absolute Gasteiger partial charge is 0.484 e. The molecule has 0 saturated heterocycles. The van der Waals surface area contributed by atoms with E-state index in [9.17, 15) is 29.8 Å². The highest BCUT2D eigenvalue weighted by atomic mass is 16.6. The second kappa shape index (κ2) is 13.0. The first-order valence-corrected chi connectivity index (χ1v) is 12.6. The van der Waals surface area contributed by atoms with Gasteiger partial charge in [-0.05, 0) is 84.6 Å². The number of non-ortho nitro benzene ring substituents is 2. The van der Waals surface area contributed by atoms with Crippen LogP contribution in [-0.4, -0.2) is 34.9 Å². The maximum absolute atomic E-state index is 12.4. The van der Waals surface area contributed by atoms with Crippen molar-refractivity contribution in [1.82, 2.24) is 0 Å². The SMILES string of the molecule is Cc1cc(-c2ccc(NC(=O)COc3ccc([N+](=O)[O-])cc3)c(C)c2)ccc1NC(=O)COc1ccc([N+](=O)[O-])cc1. The zero-order valence-corrected chi connectivity index (χ0v) is 22.7. The first-order valence-electron chi connectivity index (χ1n) is 12.6. The van der Waals surface area contributed by atoms with Crippen LogP contribution in [0.1, 0.15) is 11.1 Å². The number of aryl methyl sites for hydroxylation is 2. The number of carbonyl (C=O) groups is 2. The van der Waals surface area contributed by atoms with E-state index in [1.165, 1.54) is 48.5 Å². The molecule has 0 aromatic heterocycles. The number of ether oxygens (including phenoxy) is 2. The Morgan fingerprint density at radius 2 is 0.976 bits per heavy atom. The number of nitro groups is 2. The van der Waals surface area contributed by atoms with Crippen molar-refractivity contribution in [2.24, 2.45) is 0 Å². The summed E-state index contributed by atoms with van der Waals surface area (Å²) in [5.74, 6) is -0.0694. The van der Waals surface area contributed by atoms with Gasteiger partial charge in [0.25, 0.3) is 23.2 Å². The van der Waals surface area contributed by atoms with Gasteiger partial charge in [0.2, 0.25) is 0 Å². The predicted molar refractivity (Wildman–Crippen MR) is 156 cm³/mol. The van der Waals surface area contributed by atoms with E-state index in [1.807, 2.05) is 38.1 Å². The Labute approximate surface area is 240 Å². The average Bonchev–Trinajstić information content (AvgIpc) is 2.97. The number of benzene rings is 4. The summed E-state index contributed by atoms with van der Waals surface area (Å²) in [6.07, 6.45) is 0. The first kappa shape index (κ1) is 29.2. The normalized spacial score (nSPS) is 10.4. The molecule has 0 atom stereocenters. The number of nitrogens with zero attached hydrogens (tertiary/aromatic N) is 2. The number of nitrogens with one attached hydrogen (secondary N) is 2. The summed E-state index contributed by atoms with van der Waals surface area (Å²) in [7, 11) is 0. The summed E-state index contributed by atoms with van der Waals surface area (Å²) in [5.41, 5.74) is 4.58. The van der Waals surface area contributed by atoms with E-state index in [1.54, 1.807) is 12.1 Å². The van der Waals surface area contributed by atoms with E-state index in [0.29, 0.717) is 22.9 Å². The smallest absolute Gasteiger partial charge is 0.269 e. The molecule has 0 heterocycles. The van der Waals surface area contributed by atoms with Gasteiger partial charge in [-0.25, -0.2) is 0 Å². The van der Waals surface area contributed by atoms with Crippen LogP contribution in [0.2, 0.25) is 0 Å². The van der Waals surface area contributed by atoms with Crippen LogP contribution in [-0.2, 0) is 9.59 Å². The van der Waals surface area contributed by atoms with Crippen molar-refractivity contribution >= 4 is 34.6 Å². The molecule has 42 heavy (non-hydrogen) atoms. The van der Waals surface area contributed by atoms with Crippen LogP contribution >= 0.6 is 0 Å². The minimum Gasteiger partial charge on any atom is -0.484 e. The summed E-state index contributed by atoms with van der Waals surface area (Å²) in [4.78, 5) is 45.3. The van der Waals surface area contributed by atoms with Crippen LogP contribution in [0.5, 0.6) is 11.5 Å². The van der Waals surface area contributed by atoms with Crippen LogP contribution in [0.25, 0.3) is 11.1 Å².